The minimum Gasteiger partial charge on any atom is -0.383 e. The van der Waals surface area contributed by atoms with Crippen molar-refractivity contribution < 1.29 is 49.8 Å². The third kappa shape index (κ3) is 6.16. The third-order valence-electron chi connectivity index (χ3n) is 5.85. The highest BCUT2D eigenvalue weighted by Crippen LogP contribution is 2.35. The SMILES string of the molecule is CCN(CC(O)(CNC(=O)c1cnn(-c2ccc(F)cc2)c1N)C(F)(F)F)C(=O)c1c(F)cccc1C(F)(F)F. The molecule has 0 bridgehead atoms. The molecule has 3 aromatic rings. The highest BCUT2D eigenvalue weighted by Gasteiger charge is 2.55. The lowest BCUT2D eigenvalue weighted by molar-refractivity contribution is -0.260. The molecule has 0 aliphatic carbocycles. The summed E-state index contributed by atoms with van der Waals surface area (Å²) in [5.41, 5.74) is -1.46. The van der Waals surface area contributed by atoms with Crippen molar-refractivity contribution >= 4 is 17.6 Å². The van der Waals surface area contributed by atoms with E-state index >= 15 is 0 Å². The van der Waals surface area contributed by atoms with Crippen molar-refractivity contribution in [2.75, 3.05) is 25.4 Å². The zero-order chi connectivity index (χ0) is 30.0. The Morgan fingerprint density at radius 1 is 1.05 bits per heavy atom. The second kappa shape index (κ2) is 11.1. The largest absolute Gasteiger partial charge is 0.420 e. The number of hydrogen-bond acceptors (Lipinski definition) is 5. The number of anilines is 1. The topological polar surface area (TPSA) is 113 Å². The van der Waals surface area contributed by atoms with Crippen molar-refractivity contribution in [2.45, 2.75) is 24.9 Å². The van der Waals surface area contributed by atoms with Gasteiger partial charge in [0, 0.05) is 6.54 Å². The van der Waals surface area contributed by atoms with Crippen LogP contribution in [0, 0.1) is 11.6 Å². The molecule has 16 heteroatoms. The molecule has 0 fully saturated rings. The molecule has 0 saturated carbocycles. The second-order valence-electron chi connectivity index (χ2n) is 8.52. The smallest absolute Gasteiger partial charge is 0.383 e. The number of amides is 2. The third-order valence-corrected chi connectivity index (χ3v) is 5.85. The van der Waals surface area contributed by atoms with Gasteiger partial charge in [-0.05, 0) is 43.3 Å². The maximum atomic E-state index is 14.3. The summed E-state index contributed by atoms with van der Waals surface area (Å²) in [5.74, 6) is -5.54. The van der Waals surface area contributed by atoms with Crippen LogP contribution >= 0.6 is 0 Å². The first kappa shape index (κ1) is 30.3. The molecule has 0 aliphatic rings. The fourth-order valence-corrected chi connectivity index (χ4v) is 3.67. The summed E-state index contributed by atoms with van der Waals surface area (Å²) in [6.45, 7) is -2.77. The molecule has 8 nitrogen and oxygen atoms in total. The zero-order valence-electron chi connectivity index (χ0n) is 20.4. The van der Waals surface area contributed by atoms with Crippen LogP contribution in [0.1, 0.15) is 33.2 Å². The van der Waals surface area contributed by atoms with Gasteiger partial charge in [-0.15, -0.1) is 0 Å². The van der Waals surface area contributed by atoms with Crippen molar-refractivity contribution in [3.05, 3.63) is 77.0 Å². The number of nitrogen functional groups attached to an aromatic ring is 1. The number of benzene rings is 2. The van der Waals surface area contributed by atoms with E-state index in [2.05, 4.69) is 5.10 Å². The van der Waals surface area contributed by atoms with Crippen LogP contribution < -0.4 is 11.1 Å². The molecule has 2 aromatic carbocycles. The van der Waals surface area contributed by atoms with Crippen molar-refractivity contribution in [2.24, 2.45) is 0 Å². The number of alkyl halides is 6. The predicted octanol–water partition coefficient (Wildman–Crippen LogP) is 3.94. The van der Waals surface area contributed by atoms with E-state index in [0.717, 1.165) is 29.9 Å². The monoisotopic (exact) mass is 579 g/mol. The molecule has 2 amide bonds. The van der Waals surface area contributed by atoms with Gasteiger partial charge in [-0.25, -0.2) is 13.5 Å². The van der Waals surface area contributed by atoms with E-state index < -0.39 is 77.7 Å². The molecule has 1 heterocycles. The molecule has 1 aromatic heterocycles. The molecule has 0 aliphatic heterocycles. The lowest BCUT2D eigenvalue weighted by atomic mass is 10.00. The fraction of sp³-hybridized carbons (Fsp3) is 0.292. The van der Waals surface area contributed by atoms with Gasteiger partial charge in [-0.1, -0.05) is 6.07 Å². The first-order valence-corrected chi connectivity index (χ1v) is 11.3. The number of nitrogens with two attached hydrogens (primary N) is 1. The molecule has 0 saturated heterocycles. The number of hydrogen-bond donors (Lipinski definition) is 3. The van der Waals surface area contributed by atoms with E-state index in [4.69, 9.17) is 5.73 Å². The Morgan fingerprint density at radius 3 is 2.23 bits per heavy atom. The van der Waals surface area contributed by atoms with Gasteiger partial charge < -0.3 is 21.1 Å². The normalized spacial score (nSPS) is 13.6. The molecule has 0 radical (unpaired) electrons. The Kier molecular flexibility index (Phi) is 8.43. The van der Waals surface area contributed by atoms with Gasteiger partial charge in [0.15, 0.2) is 5.60 Å². The molecule has 3 rings (SSSR count). The molecule has 1 unspecified atom stereocenters. The van der Waals surface area contributed by atoms with Gasteiger partial charge in [-0.3, -0.25) is 9.59 Å². The molecule has 40 heavy (non-hydrogen) atoms. The molecule has 1 atom stereocenters. The number of aromatic nitrogens is 2. The van der Waals surface area contributed by atoms with Crippen molar-refractivity contribution in [3.8, 4) is 5.69 Å². The quantitative estimate of drug-likeness (QED) is 0.350. The van der Waals surface area contributed by atoms with Crippen LogP contribution in [0.4, 0.5) is 40.9 Å². The first-order valence-electron chi connectivity index (χ1n) is 11.3. The van der Waals surface area contributed by atoms with Crippen LogP contribution in [-0.2, 0) is 6.18 Å². The summed E-state index contributed by atoms with van der Waals surface area (Å²) < 4.78 is 110. The predicted molar refractivity (Wildman–Crippen MR) is 124 cm³/mol. The van der Waals surface area contributed by atoms with Gasteiger partial charge >= 0.3 is 12.4 Å². The van der Waals surface area contributed by atoms with Crippen molar-refractivity contribution in [1.82, 2.24) is 20.0 Å². The summed E-state index contributed by atoms with van der Waals surface area (Å²) in [6.07, 6.45) is -9.82. The van der Waals surface area contributed by atoms with Crippen LogP contribution in [0.2, 0.25) is 0 Å². The summed E-state index contributed by atoms with van der Waals surface area (Å²) in [6, 6.07) is 6.26. The minimum absolute atomic E-state index is 0.175. The molecule has 0 spiro atoms. The van der Waals surface area contributed by atoms with E-state index in [1.54, 1.807) is 0 Å². The summed E-state index contributed by atoms with van der Waals surface area (Å²) in [7, 11) is 0. The number of likely N-dealkylation sites (N-methyl/N-ethyl adjacent to an activating group) is 1. The van der Waals surface area contributed by atoms with Gasteiger partial charge in [0.2, 0.25) is 0 Å². The number of halogens is 8. The standard InChI is InChI=1S/C24H21F8N5O3/c1-2-36(21(39)18-16(23(27,28)29)4-3-5-17(18)26)12-22(40,24(30,31)32)11-34-20(38)15-10-35-37(19(15)33)14-8-6-13(25)7-9-14/h3-10,40H,2,11-12,33H2,1H3,(H,34,38). The van der Waals surface area contributed by atoms with E-state index in [-0.39, 0.29) is 16.4 Å². The van der Waals surface area contributed by atoms with Gasteiger partial charge in [-0.2, -0.15) is 31.4 Å². The number of nitrogens with zero attached hydrogens (tertiary/aromatic N) is 3. The summed E-state index contributed by atoms with van der Waals surface area (Å²) in [5, 5.41) is 16.1. The Labute approximate surface area is 221 Å². The summed E-state index contributed by atoms with van der Waals surface area (Å²) in [4.78, 5) is 25.6. The Hall–Kier alpha value is -4.21. The highest BCUT2D eigenvalue weighted by atomic mass is 19.4. The number of aliphatic hydroxyl groups is 1. The average Bonchev–Trinajstić information content (AvgIpc) is 3.25. The van der Waals surface area contributed by atoms with Crippen molar-refractivity contribution in [3.63, 3.8) is 0 Å². The van der Waals surface area contributed by atoms with Crippen LogP contribution in [0.25, 0.3) is 5.69 Å². The van der Waals surface area contributed by atoms with E-state index in [1.165, 1.54) is 12.1 Å². The number of rotatable bonds is 8. The van der Waals surface area contributed by atoms with Gasteiger partial charge in [0.25, 0.3) is 11.8 Å². The fourth-order valence-electron chi connectivity index (χ4n) is 3.67. The zero-order valence-corrected chi connectivity index (χ0v) is 20.4. The number of carbonyl (C=O) groups is 2. The number of nitrogens with one attached hydrogen (secondary N) is 1. The number of carbonyl (C=O) groups excluding carboxylic acids is 2. The Bertz CT molecular complexity index is 1390. The van der Waals surface area contributed by atoms with Crippen LogP contribution in [-0.4, -0.2) is 63.0 Å². The molecular formula is C24H21F8N5O3. The van der Waals surface area contributed by atoms with Crippen LogP contribution in [0.3, 0.4) is 0 Å². The van der Waals surface area contributed by atoms with Crippen LogP contribution in [0.15, 0.2) is 48.7 Å². The second-order valence-corrected chi connectivity index (χ2v) is 8.52. The van der Waals surface area contributed by atoms with E-state index in [9.17, 15) is 49.8 Å². The van der Waals surface area contributed by atoms with Gasteiger partial charge in [0.1, 0.15) is 23.0 Å². The Morgan fingerprint density at radius 2 is 1.68 bits per heavy atom. The lowest BCUT2D eigenvalue weighted by Crippen LogP contribution is -2.60. The van der Waals surface area contributed by atoms with Gasteiger partial charge in [0.05, 0.1) is 36.1 Å². The van der Waals surface area contributed by atoms with Crippen molar-refractivity contribution in [1.29, 1.82) is 0 Å². The first-order chi connectivity index (χ1) is 18.5. The lowest BCUT2D eigenvalue weighted by Gasteiger charge is -2.35. The highest BCUT2D eigenvalue weighted by molar-refractivity contribution is 5.98. The van der Waals surface area contributed by atoms with E-state index in [0.29, 0.717) is 18.2 Å². The molecule has 216 valence electrons. The molecule has 4 N–H and O–H groups in total. The minimum atomic E-state index is -5.51. The average molecular weight is 579 g/mol. The Balaban J connectivity index is 1.85. The molecular weight excluding hydrogens is 558 g/mol. The van der Waals surface area contributed by atoms with Crippen LogP contribution in [0.5, 0.6) is 0 Å². The maximum Gasteiger partial charge on any atom is 0.420 e. The maximum absolute atomic E-state index is 14.3. The summed E-state index contributed by atoms with van der Waals surface area (Å²) >= 11 is 0. The van der Waals surface area contributed by atoms with E-state index in [1.807, 2.05) is 5.32 Å².